The van der Waals surface area contributed by atoms with Crippen molar-refractivity contribution in [1.29, 1.82) is 0 Å². The van der Waals surface area contributed by atoms with Crippen molar-refractivity contribution >= 4 is 39.1 Å². The number of nitrogens with one attached hydrogen (secondary N) is 1. The highest BCUT2D eigenvalue weighted by atomic mass is 32.1. The highest BCUT2D eigenvalue weighted by Crippen LogP contribution is 2.38. The first-order valence-corrected chi connectivity index (χ1v) is 15.8. The molecule has 230 valence electrons. The van der Waals surface area contributed by atoms with Gasteiger partial charge in [-0.3, -0.25) is 19.1 Å². The Hall–Kier alpha value is -4.38. The van der Waals surface area contributed by atoms with E-state index in [1.165, 1.54) is 0 Å². The molecule has 0 aliphatic carbocycles. The number of ether oxygens (including phenoxy) is 2. The zero-order valence-corrected chi connectivity index (χ0v) is 26.1. The Morgan fingerprint density at radius 3 is 2.73 bits per heavy atom. The summed E-state index contributed by atoms with van der Waals surface area (Å²) in [4.78, 5) is 44.3. The van der Waals surface area contributed by atoms with Gasteiger partial charge in [0.25, 0.3) is 5.91 Å². The van der Waals surface area contributed by atoms with Gasteiger partial charge in [-0.25, -0.2) is 0 Å². The molecule has 44 heavy (non-hydrogen) atoms. The Bertz CT molecular complexity index is 1700. The first-order valence-electron chi connectivity index (χ1n) is 14.9. The fourth-order valence-electron chi connectivity index (χ4n) is 6.25. The number of carbonyl (C=O) groups excluding carboxylic acids is 3. The predicted octanol–water partition coefficient (Wildman–Crippen LogP) is 3.78. The maximum Gasteiger partial charge on any atom is 0.255 e. The molecule has 1 fully saturated rings. The van der Waals surface area contributed by atoms with E-state index < -0.39 is 5.92 Å². The van der Waals surface area contributed by atoms with E-state index in [4.69, 9.17) is 9.47 Å². The van der Waals surface area contributed by atoms with E-state index >= 15 is 0 Å². The highest BCUT2D eigenvalue weighted by Gasteiger charge is 2.40. The van der Waals surface area contributed by atoms with Gasteiger partial charge in [-0.15, -0.1) is 11.3 Å². The van der Waals surface area contributed by atoms with Crippen LogP contribution in [0.4, 0.5) is 0 Å². The molecule has 2 atom stereocenters. The third-order valence-corrected chi connectivity index (χ3v) is 9.57. The van der Waals surface area contributed by atoms with Crippen molar-refractivity contribution in [2.45, 2.75) is 25.7 Å². The molecule has 2 aromatic carbocycles. The van der Waals surface area contributed by atoms with E-state index in [1.807, 2.05) is 68.0 Å². The second kappa shape index (κ2) is 12.7. The SMILES string of the molecule is COc1ccc2cc1OCCN(C(=O)c1csc3ccccc13)CCCNC(=O)[C@H]1CN(C(=O)Cc3cn(C)nc3C)C[C@H]21. The van der Waals surface area contributed by atoms with Crippen LogP contribution in [0.25, 0.3) is 10.1 Å². The van der Waals surface area contributed by atoms with Crippen LogP contribution in [-0.4, -0.2) is 83.7 Å². The summed E-state index contributed by atoms with van der Waals surface area (Å²) in [7, 11) is 3.43. The Morgan fingerprint density at radius 1 is 1.11 bits per heavy atom. The van der Waals surface area contributed by atoms with Crippen molar-refractivity contribution in [3.05, 3.63) is 76.4 Å². The number of nitrogens with zero attached hydrogens (tertiary/aromatic N) is 4. The van der Waals surface area contributed by atoms with Gasteiger partial charge < -0.3 is 24.6 Å². The van der Waals surface area contributed by atoms with Crippen LogP contribution in [0.5, 0.6) is 11.5 Å². The largest absolute Gasteiger partial charge is 0.493 e. The summed E-state index contributed by atoms with van der Waals surface area (Å²) in [5.74, 6) is 0.313. The van der Waals surface area contributed by atoms with Gasteiger partial charge in [-0.2, -0.15) is 5.10 Å². The lowest BCUT2D eigenvalue weighted by molar-refractivity contribution is -0.130. The van der Waals surface area contributed by atoms with Crippen LogP contribution in [0, 0.1) is 12.8 Å². The molecule has 2 aromatic heterocycles. The number of rotatable bonds is 4. The molecule has 2 bridgehead atoms. The quantitative estimate of drug-likeness (QED) is 0.375. The first kappa shape index (κ1) is 29.7. The second-order valence-electron chi connectivity index (χ2n) is 11.4. The van der Waals surface area contributed by atoms with Crippen molar-refractivity contribution in [2.75, 3.05) is 46.4 Å². The Labute approximate surface area is 260 Å². The van der Waals surface area contributed by atoms with Gasteiger partial charge in [0.05, 0.1) is 37.3 Å². The fraction of sp³-hybridized carbons (Fsp3) is 0.394. The molecule has 4 heterocycles. The number of amides is 3. The minimum atomic E-state index is -0.423. The fourth-order valence-corrected chi connectivity index (χ4v) is 7.19. The predicted molar refractivity (Wildman–Crippen MR) is 168 cm³/mol. The van der Waals surface area contributed by atoms with E-state index in [-0.39, 0.29) is 36.7 Å². The van der Waals surface area contributed by atoms with Gasteiger partial charge in [0.1, 0.15) is 6.61 Å². The maximum atomic E-state index is 13.7. The van der Waals surface area contributed by atoms with Crippen LogP contribution in [0.2, 0.25) is 0 Å². The van der Waals surface area contributed by atoms with Gasteiger partial charge in [-0.1, -0.05) is 24.3 Å². The summed E-state index contributed by atoms with van der Waals surface area (Å²) < 4.78 is 14.6. The third-order valence-electron chi connectivity index (χ3n) is 8.60. The van der Waals surface area contributed by atoms with Crippen LogP contribution in [0.1, 0.15) is 39.5 Å². The molecule has 11 heteroatoms. The molecule has 0 radical (unpaired) electrons. The Balaban J connectivity index is 1.24. The van der Waals surface area contributed by atoms with Gasteiger partial charge in [-0.05, 0) is 37.1 Å². The van der Waals surface area contributed by atoms with Crippen molar-refractivity contribution in [1.82, 2.24) is 24.9 Å². The van der Waals surface area contributed by atoms with Crippen molar-refractivity contribution in [2.24, 2.45) is 13.0 Å². The first-order chi connectivity index (χ1) is 21.3. The average molecular weight is 616 g/mol. The lowest BCUT2D eigenvalue weighted by atomic mass is 9.88. The molecule has 2 aliphatic rings. The lowest BCUT2D eigenvalue weighted by Crippen LogP contribution is -2.39. The van der Waals surface area contributed by atoms with Crippen LogP contribution in [-0.2, 0) is 23.1 Å². The zero-order valence-electron chi connectivity index (χ0n) is 25.2. The van der Waals surface area contributed by atoms with Crippen molar-refractivity contribution in [3.63, 3.8) is 0 Å². The van der Waals surface area contributed by atoms with Crippen LogP contribution in [0.15, 0.2) is 54.0 Å². The van der Waals surface area contributed by atoms with Crippen molar-refractivity contribution in [3.8, 4) is 11.5 Å². The smallest absolute Gasteiger partial charge is 0.255 e. The molecular formula is C33H37N5O5S. The van der Waals surface area contributed by atoms with Crippen LogP contribution in [0.3, 0.4) is 0 Å². The summed E-state index contributed by atoms with van der Waals surface area (Å²) in [6.07, 6.45) is 2.70. The molecule has 1 N–H and O–H groups in total. The topological polar surface area (TPSA) is 106 Å². The molecule has 4 aromatic rings. The highest BCUT2D eigenvalue weighted by molar-refractivity contribution is 7.17. The summed E-state index contributed by atoms with van der Waals surface area (Å²) >= 11 is 1.56. The van der Waals surface area contributed by atoms with Gasteiger partial charge in [0.2, 0.25) is 11.8 Å². The number of fused-ring (bicyclic) bond motifs is 5. The number of methoxy groups -OCH3 is 1. The molecule has 10 nitrogen and oxygen atoms in total. The van der Waals surface area contributed by atoms with Gasteiger partial charge in [0.15, 0.2) is 11.5 Å². The Kier molecular flexibility index (Phi) is 8.56. The molecule has 0 saturated carbocycles. The number of benzene rings is 2. The summed E-state index contributed by atoms with van der Waals surface area (Å²) in [6.45, 7) is 4.20. The van der Waals surface area contributed by atoms with E-state index in [1.54, 1.807) is 32.9 Å². The van der Waals surface area contributed by atoms with Gasteiger partial charge >= 0.3 is 0 Å². The number of aromatic nitrogens is 2. The summed E-state index contributed by atoms with van der Waals surface area (Å²) in [5, 5.41) is 10.3. The number of likely N-dealkylation sites (tertiary alicyclic amines) is 1. The molecule has 1 saturated heterocycles. The van der Waals surface area contributed by atoms with Crippen molar-refractivity contribution < 1.29 is 23.9 Å². The minimum Gasteiger partial charge on any atom is -0.493 e. The summed E-state index contributed by atoms with van der Waals surface area (Å²) in [5.41, 5.74) is 3.29. The third kappa shape index (κ3) is 6.01. The van der Waals surface area contributed by atoms with E-state index in [9.17, 15) is 14.4 Å². The number of hydrogen-bond donors (Lipinski definition) is 1. The normalized spacial score (nSPS) is 19.2. The van der Waals surface area contributed by atoms with E-state index in [0.717, 1.165) is 26.9 Å². The average Bonchev–Trinajstić information content (AvgIpc) is 3.74. The number of hydrogen-bond acceptors (Lipinski definition) is 7. The zero-order chi connectivity index (χ0) is 30.8. The molecule has 6 rings (SSSR count). The number of carbonyl (C=O) groups is 3. The van der Waals surface area contributed by atoms with Crippen LogP contribution < -0.4 is 14.8 Å². The monoisotopic (exact) mass is 615 g/mol. The molecule has 0 spiro atoms. The lowest BCUT2D eigenvalue weighted by Gasteiger charge is -2.25. The Morgan fingerprint density at radius 2 is 1.93 bits per heavy atom. The van der Waals surface area contributed by atoms with E-state index in [2.05, 4.69) is 10.4 Å². The van der Waals surface area contributed by atoms with E-state index in [0.29, 0.717) is 56.2 Å². The van der Waals surface area contributed by atoms with Crippen LogP contribution >= 0.6 is 11.3 Å². The molecule has 2 aliphatic heterocycles. The summed E-state index contributed by atoms with van der Waals surface area (Å²) in [6, 6.07) is 13.6. The minimum absolute atomic E-state index is 0.0283. The molecular weight excluding hydrogens is 578 g/mol. The number of thiophene rings is 1. The van der Waals surface area contributed by atoms with Gasteiger partial charge in [0, 0.05) is 66.4 Å². The number of aryl methyl sites for hydroxylation is 2. The molecule has 3 amide bonds. The molecule has 0 unspecified atom stereocenters. The second-order valence-corrected chi connectivity index (χ2v) is 12.4. The standard InChI is InChI=1S/C33H37N5O5S/c1-21-23(17-36(2)35-21)16-31(39)38-18-25-22-9-10-28(42-3)29(15-22)43-14-13-37(12-6-11-34-32(40)26(25)19-38)33(41)27-20-44-30-8-5-4-7-24(27)30/h4-5,7-10,15,17,20,25-26H,6,11-14,16,18-19H2,1-3H3,(H,34,40)/t25-,26+/m1/s1. The maximum absolute atomic E-state index is 13.7.